The molecule has 0 aliphatic carbocycles. The highest BCUT2D eigenvalue weighted by Crippen LogP contribution is 2.21. The zero-order valence-electron chi connectivity index (χ0n) is 7.61. The van der Waals surface area contributed by atoms with Gasteiger partial charge in [-0.2, -0.15) is 0 Å². The molecule has 0 bridgehead atoms. The van der Waals surface area contributed by atoms with Crippen LogP contribution in [-0.2, 0) is 0 Å². The minimum Gasteiger partial charge on any atom is -0.336 e. The van der Waals surface area contributed by atoms with E-state index in [1.54, 1.807) is 6.20 Å². The van der Waals surface area contributed by atoms with Gasteiger partial charge in [-0.15, -0.1) is 9.24 Å². The molecule has 13 heavy (non-hydrogen) atoms. The maximum absolute atomic E-state index is 5.05. The van der Waals surface area contributed by atoms with Crippen molar-refractivity contribution in [2.75, 3.05) is 0 Å². The molecule has 1 aliphatic heterocycles. The molecule has 1 aromatic heterocycles. The summed E-state index contributed by atoms with van der Waals surface area (Å²) in [6.07, 6.45) is 5.85. The predicted octanol–water partition coefficient (Wildman–Crippen LogP) is 0.544. The molecule has 0 spiro atoms. The van der Waals surface area contributed by atoms with Crippen LogP contribution in [0.4, 0.5) is 0 Å². The van der Waals surface area contributed by atoms with Crippen molar-refractivity contribution in [3.05, 3.63) is 28.7 Å². The monoisotopic (exact) mass is 194 g/mol. The van der Waals surface area contributed by atoms with E-state index < -0.39 is 0 Å². The summed E-state index contributed by atoms with van der Waals surface area (Å²) in [5.74, 6) is 0. The number of aryl methyl sites for hydroxylation is 1. The van der Waals surface area contributed by atoms with Crippen LogP contribution in [0.25, 0.3) is 6.08 Å². The summed E-state index contributed by atoms with van der Waals surface area (Å²) < 4.78 is 5.05. The molecule has 4 heteroatoms. The molecule has 0 aromatic carbocycles. The second kappa shape index (κ2) is 2.78. The first-order chi connectivity index (χ1) is 6.08. The van der Waals surface area contributed by atoms with Crippen molar-refractivity contribution in [1.82, 2.24) is 5.16 Å². The Kier molecular flexibility index (Phi) is 1.85. The normalized spacial score (nSPS) is 25.8. The van der Waals surface area contributed by atoms with Gasteiger partial charge in [-0.3, -0.25) is 0 Å². The van der Waals surface area contributed by atoms with Crippen molar-refractivity contribution in [3.8, 4) is 0 Å². The van der Waals surface area contributed by atoms with Crippen LogP contribution in [-0.4, -0.2) is 10.3 Å². The van der Waals surface area contributed by atoms with Gasteiger partial charge in [0.25, 0.3) is 5.55 Å². The number of rotatable bonds is 0. The third kappa shape index (κ3) is 1.56. The summed E-state index contributed by atoms with van der Waals surface area (Å²) in [6, 6.07) is 0. The van der Waals surface area contributed by atoms with Crippen molar-refractivity contribution in [3.63, 3.8) is 0 Å². The van der Waals surface area contributed by atoms with Crippen molar-refractivity contribution >= 4 is 15.3 Å². The lowest BCUT2D eigenvalue weighted by molar-refractivity contribution is 0.377. The number of aromatic nitrogens is 1. The lowest BCUT2D eigenvalue weighted by Gasteiger charge is -2.11. The molecule has 0 saturated carbocycles. The first-order valence-electron chi connectivity index (χ1n) is 4.08. The van der Waals surface area contributed by atoms with E-state index in [9.17, 15) is 0 Å². The maximum atomic E-state index is 5.05. The molecule has 1 aliphatic rings. The summed E-state index contributed by atoms with van der Waals surface area (Å²) in [6.45, 7) is 4.01. The fourth-order valence-corrected chi connectivity index (χ4v) is 1.50. The Hall–Kier alpha value is -0.950. The third-order valence-electron chi connectivity index (χ3n) is 1.97. The molecule has 2 rings (SSSR count). The maximum Gasteiger partial charge on any atom is 0.257 e. The van der Waals surface area contributed by atoms with Gasteiger partial charge in [0.1, 0.15) is 0 Å². The summed E-state index contributed by atoms with van der Waals surface area (Å²) in [7, 11) is 2.76. The molecular formula is C9H11N2OP. The van der Waals surface area contributed by atoms with Crippen LogP contribution < -0.4 is 10.8 Å². The Morgan fingerprint density at radius 3 is 3.08 bits per heavy atom. The molecule has 0 N–H and O–H groups in total. The largest absolute Gasteiger partial charge is 0.336 e. The van der Waals surface area contributed by atoms with Gasteiger partial charge in [-0.05, 0) is 13.8 Å². The fraction of sp³-hybridized carbons (Fsp3) is 0.333. The number of hydrogen-bond donors (Lipinski definition) is 0. The second-order valence-corrected chi connectivity index (χ2v) is 4.69. The van der Waals surface area contributed by atoms with E-state index in [0.717, 1.165) is 10.9 Å². The van der Waals surface area contributed by atoms with E-state index in [4.69, 9.17) is 4.52 Å². The zero-order valence-corrected chi connectivity index (χ0v) is 8.77. The Balaban J connectivity index is 2.81. The fourth-order valence-electron chi connectivity index (χ4n) is 1.25. The zero-order chi connectivity index (χ0) is 9.47. The SMILES string of the molecule is Cc1noc2c1=CC(C)(P)C=CN=2. The first-order valence-corrected chi connectivity index (χ1v) is 4.66. The van der Waals surface area contributed by atoms with Gasteiger partial charge >= 0.3 is 0 Å². The number of allylic oxidation sites excluding steroid dienone is 1. The van der Waals surface area contributed by atoms with E-state index in [0.29, 0.717) is 5.55 Å². The van der Waals surface area contributed by atoms with Crippen LogP contribution in [0.2, 0.25) is 0 Å². The topological polar surface area (TPSA) is 38.4 Å². The minimum atomic E-state index is -0.0644. The van der Waals surface area contributed by atoms with Crippen molar-refractivity contribution in [2.45, 2.75) is 19.0 Å². The van der Waals surface area contributed by atoms with Crippen molar-refractivity contribution in [1.29, 1.82) is 0 Å². The molecule has 68 valence electrons. The Morgan fingerprint density at radius 2 is 2.31 bits per heavy atom. The van der Waals surface area contributed by atoms with Gasteiger partial charge in [0.15, 0.2) is 0 Å². The lowest BCUT2D eigenvalue weighted by Crippen LogP contribution is -2.24. The smallest absolute Gasteiger partial charge is 0.257 e. The molecule has 2 atom stereocenters. The Morgan fingerprint density at radius 1 is 1.54 bits per heavy atom. The van der Waals surface area contributed by atoms with E-state index in [-0.39, 0.29) is 5.16 Å². The summed E-state index contributed by atoms with van der Waals surface area (Å²) in [4.78, 5) is 4.15. The van der Waals surface area contributed by atoms with Gasteiger partial charge in [-0.1, -0.05) is 17.3 Å². The molecule has 3 nitrogen and oxygen atoms in total. The third-order valence-corrected chi connectivity index (χ3v) is 2.33. The van der Waals surface area contributed by atoms with Crippen LogP contribution in [0.3, 0.4) is 0 Å². The van der Waals surface area contributed by atoms with Gasteiger partial charge in [-0.25, -0.2) is 4.99 Å². The molecule has 2 heterocycles. The number of nitrogens with zero attached hydrogens (tertiary/aromatic N) is 2. The molecule has 0 saturated heterocycles. The summed E-state index contributed by atoms with van der Waals surface area (Å²) >= 11 is 0. The van der Waals surface area contributed by atoms with Crippen molar-refractivity contribution in [2.24, 2.45) is 4.99 Å². The van der Waals surface area contributed by atoms with E-state index in [1.165, 1.54) is 0 Å². The standard InChI is InChI=1S/C9H11N2OP/c1-6-7-5-9(2,13)3-4-10-8(7)12-11-6/h3-5H,13H2,1-2H3. The Labute approximate surface area is 78.4 Å². The van der Waals surface area contributed by atoms with Crippen LogP contribution >= 0.6 is 9.24 Å². The highest BCUT2D eigenvalue weighted by atomic mass is 31.0. The van der Waals surface area contributed by atoms with Crippen molar-refractivity contribution < 1.29 is 4.52 Å². The van der Waals surface area contributed by atoms with Crippen LogP contribution in [0.5, 0.6) is 0 Å². The summed E-state index contributed by atoms with van der Waals surface area (Å²) in [5, 5.41) is 4.79. The first kappa shape index (κ1) is 8.64. The number of hydrogen-bond acceptors (Lipinski definition) is 3. The van der Waals surface area contributed by atoms with Gasteiger partial charge in [0.2, 0.25) is 0 Å². The van der Waals surface area contributed by atoms with Crippen LogP contribution in [0, 0.1) is 6.92 Å². The van der Waals surface area contributed by atoms with Crippen LogP contribution in [0.1, 0.15) is 12.6 Å². The van der Waals surface area contributed by atoms with E-state index >= 15 is 0 Å². The van der Waals surface area contributed by atoms with E-state index in [2.05, 4.69) is 32.4 Å². The minimum absolute atomic E-state index is 0.0644. The molecule has 0 radical (unpaired) electrons. The highest BCUT2D eigenvalue weighted by molar-refractivity contribution is 7.20. The molecular weight excluding hydrogens is 183 g/mol. The van der Waals surface area contributed by atoms with Gasteiger partial charge in [0.05, 0.1) is 10.9 Å². The van der Waals surface area contributed by atoms with Gasteiger partial charge < -0.3 is 4.52 Å². The molecule has 1 aromatic rings. The average molecular weight is 194 g/mol. The summed E-state index contributed by atoms with van der Waals surface area (Å²) in [5.41, 5.74) is 1.48. The molecule has 2 unspecified atom stereocenters. The van der Waals surface area contributed by atoms with Gasteiger partial charge in [0, 0.05) is 11.4 Å². The van der Waals surface area contributed by atoms with Crippen LogP contribution in [0.15, 0.2) is 21.8 Å². The lowest BCUT2D eigenvalue weighted by atomic mass is 10.1. The quantitative estimate of drug-likeness (QED) is 0.565. The number of fused-ring (bicyclic) bond motifs is 1. The molecule has 0 fully saturated rings. The van der Waals surface area contributed by atoms with E-state index in [1.807, 2.05) is 13.0 Å². The predicted molar refractivity (Wildman–Crippen MR) is 53.7 cm³/mol. The molecule has 0 amide bonds. The second-order valence-electron chi connectivity index (χ2n) is 3.44. The Bertz CT molecular complexity index is 470. The average Bonchev–Trinajstić information content (AvgIpc) is 2.31. The highest BCUT2D eigenvalue weighted by Gasteiger charge is 2.13.